The molecule has 0 aromatic carbocycles. The van der Waals surface area contributed by atoms with Crippen LogP contribution in [-0.2, 0) is 0 Å². The Kier molecular flexibility index (Phi) is 2.91. The second-order valence-electron chi connectivity index (χ2n) is 4.17. The Morgan fingerprint density at radius 1 is 1.44 bits per heavy atom. The molecule has 1 N–H and O–H groups in total. The number of halogens is 1. The molecule has 0 saturated heterocycles. The molecular weight excluding hydrogens is 316 g/mol. The van der Waals surface area contributed by atoms with E-state index in [9.17, 15) is 9.90 Å². The molecule has 2 aromatic rings. The topological polar surface area (TPSA) is 63.1 Å². The molecule has 6 heteroatoms. The zero-order valence-corrected chi connectivity index (χ0v) is 11.7. The lowest BCUT2D eigenvalue weighted by atomic mass is 10.2. The van der Waals surface area contributed by atoms with Crippen LogP contribution in [0.15, 0.2) is 22.8 Å². The van der Waals surface area contributed by atoms with Gasteiger partial charge in [-0.3, -0.25) is 4.98 Å². The monoisotopic (exact) mass is 324 g/mol. The van der Waals surface area contributed by atoms with Gasteiger partial charge in [0.1, 0.15) is 9.88 Å². The summed E-state index contributed by atoms with van der Waals surface area (Å²) >= 11 is 4.53. The van der Waals surface area contributed by atoms with Crippen LogP contribution in [0.4, 0.5) is 0 Å². The number of hydrogen-bond donors (Lipinski definition) is 1. The van der Waals surface area contributed by atoms with Crippen LogP contribution < -0.4 is 0 Å². The van der Waals surface area contributed by atoms with E-state index < -0.39 is 5.97 Å². The summed E-state index contributed by atoms with van der Waals surface area (Å²) in [6.45, 7) is 0. The summed E-state index contributed by atoms with van der Waals surface area (Å²) in [5.41, 5.74) is 1.45. The number of aromatic carboxylic acids is 1. The summed E-state index contributed by atoms with van der Waals surface area (Å²) < 4.78 is 0.892. The molecule has 0 bridgehead atoms. The van der Waals surface area contributed by atoms with Crippen molar-refractivity contribution in [1.82, 2.24) is 9.97 Å². The van der Waals surface area contributed by atoms with Crippen molar-refractivity contribution < 1.29 is 9.90 Å². The zero-order chi connectivity index (χ0) is 12.7. The van der Waals surface area contributed by atoms with E-state index in [0.717, 1.165) is 28.7 Å². The average molecular weight is 325 g/mol. The molecule has 18 heavy (non-hydrogen) atoms. The van der Waals surface area contributed by atoms with E-state index in [1.54, 1.807) is 6.20 Å². The van der Waals surface area contributed by atoms with Crippen molar-refractivity contribution in [2.45, 2.75) is 18.8 Å². The maximum absolute atomic E-state index is 11.2. The highest BCUT2D eigenvalue weighted by Gasteiger charge is 2.32. The lowest BCUT2D eigenvalue weighted by Crippen LogP contribution is -1.97. The minimum Gasteiger partial charge on any atom is -0.477 e. The maximum atomic E-state index is 11.2. The number of hydrogen-bond acceptors (Lipinski definition) is 4. The Morgan fingerprint density at radius 3 is 2.78 bits per heavy atom. The first-order chi connectivity index (χ1) is 8.65. The smallest absolute Gasteiger partial charge is 0.347 e. The molecule has 1 aliphatic carbocycles. The van der Waals surface area contributed by atoms with Crippen LogP contribution in [0, 0.1) is 0 Å². The normalized spacial score (nSPS) is 14.7. The van der Waals surface area contributed by atoms with Gasteiger partial charge in [-0.1, -0.05) is 0 Å². The minimum absolute atomic E-state index is 0.330. The van der Waals surface area contributed by atoms with E-state index in [2.05, 4.69) is 25.9 Å². The van der Waals surface area contributed by atoms with Crippen LogP contribution in [0.25, 0.3) is 10.7 Å². The number of carbonyl (C=O) groups is 1. The Bertz CT molecular complexity index is 605. The number of pyridine rings is 1. The molecule has 2 heterocycles. The first kappa shape index (κ1) is 11.8. The Balaban J connectivity index is 2.04. The van der Waals surface area contributed by atoms with E-state index in [0.29, 0.717) is 15.8 Å². The Labute approximate surface area is 116 Å². The highest BCUT2D eigenvalue weighted by Crippen LogP contribution is 2.44. The van der Waals surface area contributed by atoms with Gasteiger partial charge in [-0.2, -0.15) is 0 Å². The molecule has 0 radical (unpaired) electrons. The predicted molar refractivity (Wildman–Crippen MR) is 72.0 cm³/mol. The summed E-state index contributed by atoms with van der Waals surface area (Å²) in [5.74, 6) is -0.561. The van der Waals surface area contributed by atoms with Crippen LogP contribution in [0.3, 0.4) is 0 Å². The summed E-state index contributed by atoms with van der Waals surface area (Å²) in [5, 5.41) is 9.87. The van der Waals surface area contributed by atoms with Crippen molar-refractivity contribution in [3.05, 3.63) is 33.4 Å². The van der Waals surface area contributed by atoms with Crippen molar-refractivity contribution in [2.24, 2.45) is 0 Å². The van der Waals surface area contributed by atoms with Crippen molar-refractivity contribution in [3.8, 4) is 10.7 Å². The zero-order valence-electron chi connectivity index (χ0n) is 9.26. The van der Waals surface area contributed by atoms with Gasteiger partial charge < -0.3 is 5.11 Å². The molecule has 4 nitrogen and oxygen atoms in total. The number of carboxylic acid groups (broad SMARTS) is 1. The van der Waals surface area contributed by atoms with Crippen LogP contribution in [-0.4, -0.2) is 21.0 Å². The number of aromatic nitrogens is 2. The number of thiazole rings is 1. The molecule has 1 aliphatic rings. The van der Waals surface area contributed by atoms with Gasteiger partial charge in [0.05, 0.1) is 11.4 Å². The molecule has 0 spiro atoms. The third kappa shape index (κ3) is 2.18. The Morgan fingerprint density at radius 2 is 2.22 bits per heavy atom. The molecule has 0 aliphatic heterocycles. The van der Waals surface area contributed by atoms with Crippen molar-refractivity contribution in [3.63, 3.8) is 0 Å². The van der Waals surface area contributed by atoms with E-state index in [4.69, 9.17) is 0 Å². The number of nitrogens with zero attached hydrogens (tertiary/aromatic N) is 2. The van der Waals surface area contributed by atoms with Gasteiger partial charge in [0, 0.05) is 16.6 Å². The van der Waals surface area contributed by atoms with E-state index in [1.165, 1.54) is 11.3 Å². The molecule has 1 saturated carbocycles. The van der Waals surface area contributed by atoms with Crippen LogP contribution >= 0.6 is 27.3 Å². The third-order valence-electron chi connectivity index (χ3n) is 2.76. The Hall–Kier alpha value is -1.27. The van der Waals surface area contributed by atoms with Crippen LogP contribution in [0.5, 0.6) is 0 Å². The molecular formula is C12H9BrN2O2S. The van der Waals surface area contributed by atoms with Gasteiger partial charge in [0.25, 0.3) is 0 Å². The highest BCUT2D eigenvalue weighted by molar-refractivity contribution is 9.10. The van der Waals surface area contributed by atoms with Gasteiger partial charge in [-0.15, -0.1) is 11.3 Å². The van der Waals surface area contributed by atoms with E-state index in [-0.39, 0.29) is 0 Å². The summed E-state index contributed by atoms with van der Waals surface area (Å²) in [6, 6.07) is 3.71. The summed E-state index contributed by atoms with van der Waals surface area (Å²) in [7, 11) is 0. The van der Waals surface area contributed by atoms with Crippen molar-refractivity contribution >= 4 is 33.2 Å². The lowest BCUT2D eigenvalue weighted by molar-refractivity contribution is 0.0700. The van der Waals surface area contributed by atoms with Gasteiger partial charge in [0.15, 0.2) is 0 Å². The van der Waals surface area contributed by atoms with Crippen molar-refractivity contribution in [2.75, 3.05) is 0 Å². The molecule has 92 valence electrons. The number of rotatable bonds is 3. The molecule has 2 aromatic heterocycles. The predicted octanol–water partition coefficient (Wildman–Crippen LogP) is 3.54. The standard InChI is InChI=1S/C12H9BrN2O2S/c13-7-3-4-8(14-5-7)11-15-9(6-1-2-6)10(18-11)12(16)17/h3-6H,1-2H2,(H,16,17). The highest BCUT2D eigenvalue weighted by atomic mass is 79.9. The second-order valence-corrected chi connectivity index (χ2v) is 6.09. The van der Waals surface area contributed by atoms with E-state index >= 15 is 0 Å². The van der Waals surface area contributed by atoms with Gasteiger partial charge in [0.2, 0.25) is 0 Å². The van der Waals surface area contributed by atoms with Gasteiger partial charge >= 0.3 is 5.97 Å². The van der Waals surface area contributed by atoms with E-state index in [1.807, 2.05) is 12.1 Å². The average Bonchev–Trinajstić information content (AvgIpc) is 3.09. The quantitative estimate of drug-likeness (QED) is 0.937. The fourth-order valence-electron chi connectivity index (χ4n) is 1.73. The fraction of sp³-hybridized carbons (Fsp3) is 0.250. The molecule has 0 unspecified atom stereocenters. The lowest BCUT2D eigenvalue weighted by Gasteiger charge is -1.94. The first-order valence-electron chi connectivity index (χ1n) is 5.51. The largest absolute Gasteiger partial charge is 0.477 e. The second kappa shape index (κ2) is 4.44. The first-order valence-corrected chi connectivity index (χ1v) is 7.12. The molecule has 0 amide bonds. The molecule has 0 atom stereocenters. The fourth-order valence-corrected chi connectivity index (χ4v) is 2.93. The SMILES string of the molecule is O=C(O)c1sc(-c2ccc(Br)cn2)nc1C1CC1. The van der Waals surface area contributed by atoms with Crippen LogP contribution in [0.1, 0.15) is 34.1 Å². The molecule has 3 rings (SSSR count). The maximum Gasteiger partial charge on any atom is 0.347 e. The van der Waals surface area contributed by atoms with Crippen molar-refractivity contribution in [1.29, 1.82) is 0 Å². The summed E-state index contributed by atoms with van der Waals surface area (Å²) in [6.07, 6.45) is 3.77. The third-order valence-corrected chi connectivity index (χ3v) is 4.31. The molecule has 1 fully saturated rings. The van der Waals surface area contributed by atoms with Crippen LogP contribution in [0.2, 0.25) is 0 Å². The summed E-state index contributed by atoms with van der Waals surface area (Å²) in [4.78, 5) is 20.3. The number of carboxylic acids is 1. The van der Waals surface area contributed by atoms with Gasteiger partial charge in [-0.25, -0.2) is 9.78 Å². The minimum atomic E-state index is -0.891. The van der Waals surface area contributed by atoms with Gasteiger partial charge in [-0.05, 0) is 40.9 Å².